The molecule has 1 aromatic carbocycles. The van der Waals surface area contributed by atoms with E-state index < -0.39 is 16.3 Å². The Balaban J connectivity index is 1.99. The van der Waals surface area contributed by atoms with Crippen molar-refractivity contribution in [3.8, 4) is 11.5 Å². The third kappa shape index (κ3) is 3.66. The van der Waals surface area contributed by atoms with Crippen LogP contribution in [0.4, 0.5) is 0 Å². The fourth-order valence-corrected chi connectivity index (χ4v) is 5.94. The average Bonchev–Trinajstić information content (AvgIpc) is 3.15. The molecular formula is C16H22BrNO6S. The lowest BCUT2D eigenvalue weighted by molar-refractivity contribution is -0.0913. The molecule has 0 aromatic heterocycles. The molecule has 2 saturated heterocycles. The third-order valence-corrected chi connectivity index (χ3v) is 7.37. The van der Waals surface area contributed by atoms with Crippen molar-refractivity contribution in [2.45, 2.75) is 36.5 Å². The Morgan fingerprint density at radius 1 is 1.12 bits per heavy atom. The Morgan fingerprint density at radius 3 is 2.40 bits per heavy atom. The summed E-state index contributed by atoms with van der Waals surface area (Å²) in [5, 5.41) is 0. The van der Waals surface area contributed by atoms with Crippen molar-refractivity contribution < 1.29 is 27.4 Å². The number of hydrogen-bond acceptors (Lipinski definition) is 6. The lowest BCUT2D eigenvalue weighted by Crippen LogP contribution is -2.50. The average molecular weight is 436 g/mol. The zero-order chi connectivity index (χ0) is 18.0. The minimum Gasteiger partial charge on any atom is -0.493 e. The van der Waals surface area contributed by atoms with E-state index in [2.05, 4.69) is 15.9 Å². The Bertz CT molecular complexity index is 720. The topological polar surface area (TPSA) is 74.3 Å². The molecule has 2 fully saturated rings. The van der Waals surface area contributed by atoms with Crippen LogP contribution < -0.4 is 9.47 Å². The lowest BCUT2D eigenvalue weighted by Gasteiger charge is -2.37. The van der Waals surface area contributed by atoms with Crippen LogP contribution in [0, 0.1) is 0 Å². The van der Waals surface area contributed by atoms with Gasteiger partial charge in [-0.3, -0.25) is 0 Å². The van der Waals surface area contributed by atoms with Crippen LogP contribution in [-0.4, -0.2) is 59.0 Å². The number of rotatable bonds is 5. The van der Waals surface area contributed by atoms with Crippen LogP contribution in [0.1, 0.15) is 19.3 Å². The number of methoxy groups -OCH3 is 2. The second kappa shape index (κ2) is 7.79. The third-order valence-electron chi connectivity index (χ3n) is 4.48. The van der Waals surface area contributed by atoms with E-state index in [9.17, 15) is 8.42 Å². The highest BCUT2D eigenvalue weighted by Crippen LogP contribution is 2.38. The Morgan fingerprint density at radius 2 is 1.76 bits per heavy atom. The SMILES string of the molecule is COc1cc(Br)c(S(=O)(=O)N2CCCCC2C2OCCO2)cc1OC. The number of ether oxygens (including phenoxy) is 4. The van der Waals surface area contributed by atoms with Crippen molar-refractivity contribution >= 4 is 26.0 Å². The first-order chi connectivity index (χ1) is 12.0. The van der Waals surface area contributed by atoms with Crippen LogP contribution in [0.3, 0.4) is 0 Å². The number of sulfonamides is 1. The first-order valence-corrected chi connectivity index (χ1v) is 10.4. The van der Waals surface area contributed by atoms with E-state index in [-0.39, 0.29) is 10.9 Å². The predicted octanol–water partition coefficient (Wildman–Crippen LogP) is 2.38. The van der Waals surface area contributed by atoms with Crippen molar-refractivity contribution in [3.63, 3.8) is 0 Å². The van der Waals surface area contributed by atoms with Gasteiger partial charge in [0.25, 0.3) is 0 Å². The maximum atomic E-state index is 13.3. The molecule has 2 heterocycles. The summed E-state index contributed by atoms with van der Waals surface area (Å²) in [6.07, 6.45) is 1.98. The van der Waals surface area contributed by atoms with E-state index >= 15 is 0 Å². The van der Waals surface area contributed by atoms with Gasteiger partial charge in [-0.2, -0.15) is 4.31 Å². The van der Waals surface area contributed by atoms with Gasteiger partial charge < -0.3 is 18.9 Å². The largest absolute Gasteiger partial charge is 0.493 e. The van der Waals surface area contributed by atoms with Gasteiger partial charge in [-0.1, -0.05) is 6.42 Å². The van der Waals surface area contributed by atoms with Crippen LogP contribution >= 0.6 is 15.9 Å². The summed E-state index contributed by atoms with van der Waals surface area (Å²) in [4.78, 5) is 0.148. The zero-order valence-corrected chi connectivity index (χ0v) is 16.6. The van der Waals surface area contributed by atoms with Crippen LogP contribution in [-0.2, 0) is 19.5 Å². The van der Waals surface area contributed by atoms with E-state index in [1.165, 1.54) is 24.6 Å². The van der Waals surface area contributed by atoms with Gasteiger partial charge in [0.15, 0.2) is 17.8 Å². The Kier molecular flexibility index (Phi) is 5.89. The standard InChI is InChI=1S/C16H22BrNO6S/c1-21-13-9-11(17)15(10-14(13)22-2)25(19,20)18-6-4-3-5-12(18)16-23-7-8-24-16/h9-10,12,16H,3-8H2,1-2H3. The second-order valence-corrected chi connectivity index (χ2v) is 8.64. The number of piperidine rings is 1. The van der Waals surface area contributed by atoms with E-state index in [1.54, 1.807) is 6.07 Å². The summed E-state index contributed by atoms with van der Waals surface area (Å²) < 4.78 is 50.2. The molecule has 3 rings (SSSR count). The molecule has 25 heavy (non-hydrogen) atoms. The van der Waals surface area contributed by atoms with Crippen LogP contribution in [0.25, 0.3) is 0 Å². The van der Waals surface area contributed by atoms with Gasteiger partial charge in [-0.25, -0.2) is 8.42 Å². The molecule has 2 aliphatic rings. The lowest BCUT2D eigenvalue weighted by atomic mass is 10.0. The van der Waals surface area contributed by atoms with Crippen LogP contribution in [0.2, 0.25) is 0 Å². The number of benzene rings is 1. The van der Waals surface area contributed by atoms with Crippen molar-refractivity contribution in [3.05, 3.63) is 16.6 Å². The molecule has 1 aromatic rings. The Hall–Kier alpha value is -0.870. The van der Waals surface area contributed by atoms with E-state index in [1.807, 2.05) is 0 Å². The highest BCUT2D eigenvalue weighted by atomic mass is 79.9. The second-order valence-electron chi connectivity index (χ2n) is 5.93. The van der Waals surface area contributed by atoms with E-state index in [0.717, 1.165) is 19.3 Å². The summed E-state index contributed by atoms with van der Waals surface area (Å²) in [5.74, 6) is 0.831. The number of nitrogens with zero attached hydrogens (tertiary/aromatic N) is 1. The van der Waals surface area contributed by atoms with Crippen molar-refractivity contribution in [1.29, 1.82) is 0 Å². The van der Waals surface area contributed by atoms with Gasteiger partial charge >= 0.3 is 0 Å². The summed E-state index contributed by atoms with van der Waals surface area (Å²) >= 11 is 3.35. The number of hydrogen-bond donors (Lipinski definition) is 0. The van der Waals surface area contributed by atoms with Crippen molar-refractivity contribution in [1.82, 2.24) is 4.31 Å². The molecule has 0 N–H and O–H groups in total. The van der Waals surface area contributed by atoms with Crippen LogP contribution in [0.5, 0.6) is 11.5 Å². The maximum Gasteiger partial charge on any atom is 0.244 e. The fraction of sp³-hybridized carbons (Fsp3) is 0.625. The van der Waals surface area contributed by atoms with Gasteiger partial charge in [0.2, 0.25) is 10.0 Å². The molecule has 0 spiro atoms. The highest BCUT2D eigenvalue weighted by Gasteiger charge is 2.41. The highest BCUT2D eigenvalue weighted by molar-refractivity contribution is 9.10. The smallest absolute Gasteiger partial charge is 0.244 e. The summed E-state index contributed by atoms with van der Waals surface area (Å²) in [5.41, 5.74) is 0. The maximum absolute atomic E-state index is 13.3. The molecule has 1 unspecified atom stereocenters. The predicted molar refractivity (Wildman–Crippen MR) is 94.5 cm³/mol. The molecule has 0 amide bonds. The van der Waals surface area contributed by atoms with Crippen LogP contribution in [0.15, 0.2) is 21.5 Å². The van der Waals surface area contributed by atoms with Gasteiger partial charge in [0, 0.05) is 17.1 Å². The van der Waals surface area contributed by atoms with Gasteiger partial charge in [0.05, 0.1) is 33.5 Å². The van der Waals surface area contributed by atoms with Gasteiger partial charge in [0.1, 0.15) is 4.90 Å². The first-order valence-electron chi connectivity index (χ1n) is 8.15. The fourth-order valence-electron chi connectivity index (χ4n) is 3.26. The first kappa shape index (κ1) is 18.9. The van der Waals surface area contributed by atoms with Gasteiger partial charge in [-0.15, -0.1) is 0 Å². The number of halogens is 1. The molecule has 140 valence electrons. The molecule has 0 aliphatic carbocycles. The Labute approximate surface area is 156 Å². The summed E-state index contributed by atoms with van der Waals surface area (Å²) in [6, 6.07) is 2.77. The minimum atomic E-state index is -3.75. The molecule has 9 heteroatoms. The molecular weight excluding hydrogens is 414 g/mol. The molecule has 2 aliphatic heterocycles. The molecule has 1 atom stereocenters. The molecule has 0 saturated carbocycles. The molecule has 0 bridgehead atoms. The zero-order valence-electron chi connectivity index (χ0n) is 14.2. The van der Waals surface area contributed by atoms with E-state index in [0.29, 0.717) is 35.7 Å². The molecule has 7 nitrogen and oxygen atoms in total. The van der Waals surface area contributed by atoms with E-state index in [4.69, 9.17) is 18.9 Å². The van der Waals surface area contributed by atoms with Crippen molar-refractivity contribution in [2.24, 2.45) is 0 Å². The van der Waals surface area contributed by atoms with Gasteiger partial charge in [-0.05, 0) is 34.8 Å². The minimum absolute atomic E-state index is 0.148. The normalized spacial score (nSPS) is 22.9. The quantitative estimate of drug-likeness (QED) is 0.706. The monoisotopic (exact) mass is 435 g/mol. The summed E-state index contributed by atoms with van der Waals surface area (Å²) in [6.45, 7) is 1.43. The summed E-state index contributed by atoms with van der Waals surface area (Å²) in [7, 11) is -0.760. The molecule has 0 radical (unpaired) electrons. The van der Waals surface area contributed by atoms with Crippen molar-refractivity contribution in [2.75, 3.05) is 34.0 Å².